The Hall–Kier alpha value is -2.67. The Kier molecular flexibility index (Phi) is 5.79. The monoisotopic (exact) mass is 356 g/mol. The number of aromatic nitrogens is 3. The molecule has 0 radical (unpaired) electrons. The van der Waals surface area contributed by atoms with E-state index in [-0.39, 0.29) is 5.91 Å². The highest BCUT2D eigenvalue weighted by Crippen LogP contribution is 2.25. The second-order valence-electron chi connectivity index (χ2n) is 5.55. The lowest BCUT2D eigenvalue weighted by atomic mass is 10.2. The molecule has 0 bridgehead atoms. The molecule has 0 saturated carbocycles. The number of rotatable bonds is 8. The third-order valence-corrected chi connectivity index (χ3v) is 4.65. The zero-order chi connectivity index (χ0) is 17.5. The molecule has 6 nitrogen and oxygen atoms in total. The van der Waals surface area contributed by atoms with E-state index >= 15 is 0 Å². The zero-order valence-corrected chi connectivity index (χ0v) is 14.8. The lowest BCUT2D eigenvalue weighted by Crippen LogP contribution is -2.26. The number of carbonyl (C=O) groups excluding carboxylic acids is 1. The van der Waals surface area contributed by atoms with Gasteiger partial charge in [-0.25, -0.2) is 9.97 Å². The minimum absolute atomic E-state index is 0.00258. The lowest BCUT2D eigenvalue weighted by Gasteiger charge is -2.04. The van der Waals surface area contributed by atoms with Gasteiger partial charge in [0.25, 0.3) is 0 Å². The fourth-order valence-corrected chi connectivity index (χ4v) is 3.22. The molecule has 0 aliphatic heterocycles. The maximum atomic E-state index is 12.0. The molecule has 2 aromatic heterocycles. The minimum Gasteiger partial charge on any atom is -0.497 e. The van der Waals surface area contributed by atoms with Gasteiger partial charge >= 0.3 is 0 Å². The van der Waals surface area contributed by atoms with Crippen LogP contribution < -0.4 is 10.1 Å². The summed E-state index contributed by atoms with van der Waals surface area (Å²) in [5, 5.41) is 5.78. The van der Waals surface area contributed by atoms with E-state index in [9.17, 15) is 4.79 Å². The molecule has 3 aromatic rings. The van der Waals surface area contributed by atoms with Gasteiger partial charge in [-0.05, 0) is 30.7 Å². The van der Waals surface area contributed by atoms with Gasteiger partial charge in [0.15, 0.2) is 0 Å². The number of benzene rings is 1. The maximum absolute atomic E-state index is 12.0. The number of amides is 1. The highest BCUT2D eigenvalue weighted by Gasteiger charge is 2.09. The molecule has 0 saturated heterocycles. The smallest absolute Gasteiger partial charge is 0.226 e. The molecule has 0 aliphatic carbocycles. The molecule has 25 heavy (non-hydrogen) atoms. The Labute approximate surface area is 150 Å². The van der Waals surface area contributed by atoms with Crippen molar-refractivity contribution in [1.29, 1.82) is 0 Å². The van der Waals surface area contributed by atoms with Crippen LogP contribution in [0.2, 0.25) is 0 Å². The van der Waals surface area contributed by atoms with E-state index < -0.39 is 0 Å². The van der Waals surface area contributed by atoms with Crippen molar-refractivity contribution in [2.45, 2.75) is 19.4 Å². The second-order valence-corrected chi connectivity index (χ2v) is 6.41. The van der Waals surface area contributed by atoms with E-state index in [4.69, 9.17) is 4.74 Å². The van der Waals surface area contributed by atoms with Gasteiger partial charge < -0.3 is 14.6 Å². The van der Waals surface area contributed by atoms with Crippen LogP contribution in [0.1, 0.15) is 12.1 Å². The van der Waals surface area contributed by atoms with Crippen molar-refractivity contribution in [2.75, 3.05) is 13.7 Å². The first-order valence-corrected chi connectivity index (χ1v) is 8.94. The summed E-state index contributed by atoms with van der Waals surface area (Å²) >= 11 is 1.54. The number of methoxy groups -OCH3 is 1. The first-order valence-electron chi connectivity index (χ1n) is 8.06. The van der Waals surface area contributed by atoms with E-state index in [2.05, 4.69) is 15.3 Å². The van der Waals surface area contributed by atoms with Crippen LogP contribution >= 0.6 is 11.3 Å². The van der Waals surface area contributed by atoms with Crippen molar-refractivity contribution < 1.29 is 9.53 Å². The van der Waals surface area contributed by atoms with Gasteiger partial charge in [0, 0.05) is 36.4 Å². The number of carbonyl (C=O) groups is 1. The molecule has 0 fully saturated rings. The van der Waals surface area contributed by atoms with E-state index in [1.165, 1.54) is 0 Å². The lowest BCUT2D eigenvalue weighted by molar-refractivity contribution is -0.120. The van der Waals surface area contributed by atoms with Crippen LogP contribution in [0.15, 0.2) is 48.4 Å². The third-order valence-electron chi connectivity index (χ3n) is 3.70. The van der Waals surface area contributed by atoms with Crippen LogP contribution in [-0.2, 0) is 17.8 Å². The van der Waals surface area contributed by atoms with Crippen molar-refractivity contribution in [3.05, 3.63) is 54.1 Å². The average molecular weight is 356 g/mol. The SMILES string of the molecule is COc1ccc(-c2nc(CC(=O)NCCCn3ccnc3)cs2)cc1. The van der Waals surface area contributed by atoms with Crippen LogP contribution in [0.5, 0.6) is 5.75 Å². The summed E-state index contributed by atoms with van der Waals surface area (Å²) in [5.74, 6) is 0.813. The number of hydrogen-bond acceptors (Lipinski definition) is 5. The molecule has 7 heteroatoms. The molecule has 1 amide bonds. The van der Waals surface area contributed by atoms with Crippen molar-refractivity contribution in [3.8, 4) is 16.3 Å². The van der Waals surface area contributed by atoms with Crippen LogP contribution in [-0.4, -0.2) is 34.1 Å². The molecule has 0 aliphatic rings. The van der Waals surface area contributed by atoms with Gasteiger partial charge in [-0.2, -0.15) is 0 Å². The number of hydrogen-bond donors (Lipinski definition) is 1. The van der Waals surface area contributed by atoms with Crippen LogP contribution in [0, 0.1) is 0 Å². The highest BCUT2D eigenvalue weighted by molar-refractivity contribution is 7.13. The molecular formula is C18H20N4O2S. The molecule has 130 valence electrons. The molecule has 3 rings (SSSR count). The first-order chi connectivity index (χ1) is 12.2. The quantitative estimate of drug-likeness (QED) is 0.630. The summed E-state index contributed by atoms with van der Waals surface area (Å²) in [5.41, 5.74) is 1.82. The molecule has 0 unspecified atom stereocenters. The number of nitrogens with zero attached hydrogens (tertiary/aromatic N) is 3. The Morgan fingerprint density at radius 1 is 1.32 bits per heavy atom. The van der Waals surface area contributed by atoms with Crippen LogP contribution in [0.4, 0.5) is 0 Å². The number of ether oxygens (including phenoxy) is 1. The highest BCUT2D eigenvalue weighted by atomic mass is 32.1. The predicted octanol–water partition coefficient (Wildman–Crippen LogP) is 2.76. The van der Waals surface area contributed by atoms with Crippen molar-refractivity contribution in [3.63, 3.8) is 0 Å². The van der Waals surface area contributed by atoms with Crippen LogP contribution in [0.25, 0.3) is 10.6 Å². The summed E-state index contributed by atoms with van der Waals surface area (Å²) in [6.07, 6.45) is 6.62. The van der Waals surface area contributed by atoms with E-state index in [1.807, 2.05) is 40.4 Å². The molecule has 1 aromatic carbocycles. The van der Waals surface area contributed by atoms with Gasteiger partial charge in [-0.15, -0.1) is 11.3 Å². The van der Waals surface area contributed by atoms with Crippen molar-refractivity contribution >= 4 is 17.2 Å². The second kappa shape index (κ2) is 8.43. The average Bonchev–Trinajstić information content (AvgIpc) is 3.31. The van der Waals surface area contributed by atoms with Gasteiger partial charge in [0.05, 0.1) is 25.6 Å². The standard InChI is InChI=1S/C18H20N4O2S/c1-24-16-5-3-14(4-6-16)18-21-15(12-25-18)11-17(23)20-7-2-9-22-10-8-19-13-22/h3-6,8,10,12-13H,2,7,9,11H2,1H3,(H,20,23). The fourth-order valence-electron chi connectivity index (χ4n) is 2.39. The van der Waals surface area contributed by atoms with E-state index in [0.717, 1.165) is 35.0 Å². The summed E-state index contributed by atoms with van der Waals surface area (Å²) in [6, 6.07) is 7.75. The largest absolute Gasteiger partial charge is 0.497 e. The summed E-state index contributed by atoms with van der Waals surface area (Å²) in [7, 11) is 1.64. The first kappa shape index (κ1) is 17.2. The molecule has 0 atom stereocenters. The van der Waals surface area contributed by atoms with E-state index in [1.54, 1.807) is 31.0 Å². The van der Waals surface area contributed by atoms with E-state index in [0.29, 0.717) is 13.0 Å². The van der Waals surface area contributed by atoms with Gasteiger partial charge in [0.1, 0.15) is 10.8 Å². The van der Waals surface area contributed by atoms with Crippen molar-refractivity contribution in [2.24, 2.45) is 0 Å². The van der Waals surface area contributed by atoms with Crippen LogP contribution in [0.3, 0.4) is 0 Å². The Balaban J connectivity index is 1.46. The van der Waals surface area contributed by atoms with Gasteiger partial charge in [-0.1, -0.05) is 0 Å². The number of aryl methyl sites for hydroxylation is 1. The Bertz CT molecular complexity index is 797. The Morgan fingerprint density at radius 2 is 2.16 bits per heavy atom. The zero-order valence-electron chi connectivity index (χ0n) is 14.0. The number of nitrogens with one attached hydrogen (secondary N) is 1. The van der Waals surface area contributed by atoms with Gasteiger partial charge in [0.2, 0.25) is 5.91 Å². The predicted molar refractivity (Wildman–Crippen MR) is 97.7 cm³/mol. The molecule has 2 heterocycles. The van der Waals surface area contributed by atoms with Crippen molar-refractivity contribution in [1.82, 2.24) is 19.9 Å². The van der Waals surface area contributed by atoms with Gasteiger partial charge in [-0.3, -0.25) is 4.79 Å². The fraction of sp³-hybridized carbons (Fsp3) is 0.278. The number of imidazole rings is 1. The number of thiazole rings is 1. The third kappa shape index (κ3) is 4.90. The minimum atomic E-state index is -0.00258. The summed E-state index contributed by atoms with van der Waals surface area (Å²) < 4.78 is 7.15. The summed E-state index contributed by atoms with van der Waals surface area (Å²) in [6.45, 7) is 1.49. The normalized spacial score (nSPS) is 10.6. The Morgan fingerprint density at radius 3 is 2.88 bits per heavy atom. The summed E-state index contributed by atoms with van der Waals surface area (Å²) in [4.78, 5) is 20.6. The maximum Gasteiger partial charge on any atom is 0.226 e. The molecule has 1 N–H and O–H groups in total. The molecule has 0 spiro atoms. The molecular weight excluding hydrogens is 336 g/mol. The topological polar surface area (TPSA) is 69.0 Å².